The number of ether oxygens (including phenoxy) is 2. The van der Waals surface area contributed by atoms with Crippen molar-refractivity contribution in [1.82, 2.24) is 0 Å². The van der Waals surface area contributed by atoms with Gasteiger partial charge in [-0.1, -0.05) is 36.4 Å². The fraction of sp³-hybridized carbons (Fsp3) is 0.133. The molecule has 2 aromatic rings. The number of nitro groups is 1. The Bertz CT molecular complexity index is 673. The van der Waals surface area contributed by atoms with Gasteiger partial charge in [0.15, 0.2) is 5.69 Å². The topological polar surface area (TPSA) is 90.7 Å². The van der Waals surface area contributed by atoms with E-state index in [-0.39, 0.29) is 23.7 Å². The molecule has 2 aromatic carbocycles. The second-order valence-electron chi connectivity index (χ2n) is 4.30. The second-order valence-corrected chi connectivity index (χ2v) is 4.30. The van der Waals surface area contributed by atoms with Crippen molar-refractivity contribution in [2.45, 2.75) is 6.61 Å². The van der Waals surface area contributed by atoms with Crippen molar-refractivity contribution >= 4 is 17.5 Å². The maximum Gasteiger partial charge on any atom is 0.412 e. The third-order valence-corrected chi connectivity index (χ3v) is 2.86. The number of methoxy groups -OCH3 is 1. The van der Waals surface area contributed by atoms with Gasteiger partial charge < -0.3 is 9.47 Å². The van der Waals surface area contributed by atoms with Crippen molar-refractivity contribution in [1.29, 1.82) is 0 Å². The molecule has 1 N–H and O–H groups in total. The van der Waals surface area contributed by atoms with Crippen LogP contribution in [-0.4, -0.2) is 18.1 Å². The summed E-state index contributed by atoms with van der Waals surface area (Å²) in [5, 5.41) is 13.4. The minimum absolute atomic E-state index is 0.0342. The Hall–Kier alpha value is -3.09. The molecule has 22 heavy (non-hydrogen) atoms. The van der Waals surface area contributed by atoms with Gasteiger partial charge in [0.2, 0.25) is 0 Å². The Morgan fingerprint density at radius 1 is 1.18 bits per heavy atom. The average molecular weight is 302 g/mol. The third-order valence-electron chi connectivity index (χ3n) is 2.86. The van der Waals surface area contributed by atoms with Gasteiger partial charge in [-0.3, -0.25) is 15.4 Å². The summed E-state index contributed by atoms with van der Waals surface area (Å²) in [6.07, 6.45) is -0.795. The molecule has 7 nitrogen and oxygen atoms in total. The van der Waals surface area contributed by atoms with Gasteiger partial charge in [-0.15, -0.1) is 0 Å². The Kier molecular flexibility index (Phi) is 4.92. The number of para-hydroxylation sites is 1. The number of anilines is 1. The lowest BCUT2D eigenvalue weighted by atomic mass is 10.2. The lowest BCUT2D eigenvalue weighted by Crippen LogP contribution is -2.15. The van der Waals surface area contributed by atoms with E-state index in [1.54, 1.807) is 12.1 Å². The van der Waals surface area contributed by atoms with Gasteiger partial charge in [0.05, 0.1) is 12.0 Å². The number of nitrogens with one attached hydrogen (secondary N) is 1. The first-order valence-corrected chi connectivity index (χ1v) is 6.41. The van der Waals surface area contributed by atoms with Gasteiger partial charge in [0.25, 0.3) is 5.69 Å². The van der Waals surface area contributed by atoms with Crippen molar-refractivity contribution in [3.05, 3.63) is 64.2 Å². The number of hydrogen-bond donors (Lipinski definition) is 1. The molecular weight excluding hydrogens is 288 g/mol. The summed E-state index contributed by atoms with van der Waals surface area (Å²) in [6, 6.07) is 13.4. The molecule has 2 rings (SSSR count). The Morgan fingerprint density at radius 3 is 2.55 bits per heavy atom. The van der Waals surface area contributed by atoms with Gasteiger partial charge in [-0.2, -0.15) is 0 Å². The van der Waals surface area contributed by atoms with Crippen molar-refractivity contribution < 1.29 is 19.2 Å². The highest BCUT2D eigenvalue weighted by molar-refractivity contribution is 5.90. The van der Waals surface area contributed by atoms with E-state index < -0.39 is 11.0 Å². The summed E-state index contributed by atoms with van der Waals surface area (Å²) in [5.74, 6) is 0.186. The van der Waals surface area contributed by atoms with Gasteiger partial charge in [-0.25, -0.2) is 4.79 Å². The molecule has 0 aliphatic carbocycles. The number of benzene rings is 2. The number of nitro benzene ring substituents is 1. The van der Waals surface area contributed by atoms with E-state index >= 15 is 0 Å². The summed E-state index contributed by atoms with van der Waals surface area (Å²) in [4.78, 5) is 22.2. The number of carbonyl (C=O) groups is 1. The summed E-state index contributed by atoms with van der Waals surface area (Å²) >= 11 is 0. The van der Waals surface area contributed by atoms with Crippen LogP contribution in [0.25, 0.3) is 0 Å². The van der Waals surface area contributed by atoms with Crippen LogP contribution in [0.1, 0.15) is 5.56 Å². The summed E-state index contributed by atoms with van der Waals surface area (Å²) in [6.45, 7) is 0.0651. The molecule has 7 heteroatoms. The van der Waals surface area contributed by atoms with Gasteiger partial charge in [0, 0.05) is 6.07 Å². The zero-order chi connectivity index (χ0) is 15.9. The van der Waals surface area contributed by atoms with Gasteiger partial charge >= 0.3 is 6.09 Å². The van der Waals surface area contributed by atoms with Crippen molar-refractivity contribution in [3.8, 4) is 5.75 Å². The molecule has 0 saturated heterocycles. The first-order valence-electron chi connectivity index (χ1n) is 6.41. The molecule has 0 unspecified atom stereocenters. The average Bonchev–Trinajstić information content (AvgIpc) is 2.54. The standard InChI is InChI=1S/C15H14N2O5/c1-21-13-9-5-8-12(17(19)20)14(13)16-15(18)22-10-11-6-3-2-4-7-11/h2-9H,10H2,1H3,(H,16,18). The minimum atomic E-state index is -0.795. The quantitative estimate of drug-likeness (QED) is 0.675. The highest BCUT2D eigenvalue weighted by atomic mass is 16.6. The van der Waals surface area contributed by atoms with Crippen LogP contribution in [0.15, 0.2) is 48.5 Å². The normalized spacial score (nSPS) is 9.86. The summed E-state index contributed by atoms with van der Waals surface area (Å²) < 4.78 is 10.1. The molecule has 0 atom stereocenters. The number of hydrogen-bond acceptors (Lipinski definition) is 5. The second kappa shape index (κ2) is 7.07. The van der Waals surface area contributed by atoms with Crippen LogP contribution in [-0.2, 0) is 11.3 Å². The highest BCUT2D eigenvalue weighted by Gasteiger charge is 2.20. The maximum atomic E-state index is 11.8. The Morgan fingerprint density at radius 2 is 1.91 bits per heavy atom. The van der Waals surface area contributed by atoms with Crippen LogP contribution >= 0.6 is 0 Å². The van der Waals surface area contributed by atoms with E-state index in [9.17, 15) is 14.9 Å². The van der Waals surface area contributed by atoms with E-state index in [2.05, 4.69) is 5.32 Å². The van der Waals surface area contributed by atoms with Crippen LogP contribution in [0.3, 0.4) is 0 Å². The maximum absolute atomic E-state index is 11.8. The van der Waals surface area contributed by atoms with Gasteiger partial charge in [-0.05, 0) is 11.6 Å². The molecule has 0 aliphatic rings. The lowest BCUT2D eigenvalue weighted by Gasteiger charge is -2.10. The molecular formula is C15H14N2O5. The molecule has 0 aromatic heterocycles. The molecule has 0 radical (unpaired) electrons. The van der Waals surface area contributed by atoms with Gasteiger partial charge in [0.1, 0.15) is 12.4 Å². The number of rotatable bonds is 5. The van der Waals surface area contributed by atoms with E-state index in [0.29, 0.717) is 0 Å². The monoisotopic (exact) mass is 302 g/mol. The Labute approximate surface area is 126 Å². The van der Waals surface area contributed by atoms with Crippen LogP contribution in [0.2, 0.25) is 0 Å². The molecule has 0 aliphatic heterocycles. The zero-order valence-corrected chi connectivity index (χ0v) is 11.8. The van der Waals surface area contributed by atoms with E-state index in [4.69, 9.17) is 9.47 Å². The van der Waals surface area contributed by atoms with Crippen molar-refractivity contribution in [3.63, 3.8) is 0 Å². The largest absolute Gasteiger partial charge is 0.494 e. The van der Waals surface area contributed by atoms with Crippen LogP contribution in [0.5, 0.6) is 5.75 Å². The lowest BCUT2D eigenvalue weighted by molar-refractivity contribution is -0.384. The molecule has 0 saturated carbocycles. The summed E-state index contributed by atoms with van der Waals surface area (Å²) in [7, 11) is 1.36. The van der Waals surface area contributed by atoms with Crippen molar-refractivity contribution in [2.75, 3.05) is 12.4 Å². The first-order chi connectivity index (χ1) is 10.6. The minimum Gasteiger partial charge on any atom is -0.494 e. The van der Waals surface area contributed by atoms with Crippen LogP contribution in [0, 0.1) is 10.1 Å². The fourth-order valence-electron chi connectivity index (χ4n) is 1.83. The molecule has 114 valence electrons. The van der Waals surface area contributed by atoms with E-state index in [1.165, 1.54) is 25.3 Å². The summed E-state index contributed by atoms with van der Waals surface area (Å²) in [5.41, 5.74) is 0.510. The Balaban J connectivity index is 2.09. The smallest absolute Gasteiger partial charge is 0.412 e. The van der Waals surface area contributed by atoms with E-state index in [0.717, 1.165) is 5.56 Å². The van der Waals surface area contributed by atoms with Crippen molar-refractivity contribution in [2.24, 2.45) is 0 Å². The SMILES string of the molecule is COc1cccc([N+](=O)[O-])c1NC(=O)OCc1ccccc1. The fourth-order valence-corrected chi connectivity index (χ4v) is 1.83. The molecule has 0 heterocycles. The molecule has 0 spiro atoms. The van der Waals surface area contributed by atoms with Crippen LogP contribution < -0.4 is 10.1 Å². The van der Waals surface area contributed by atoms with Crippen LogP contribution in [0.4, 0.5) is 16.2 Å². The first kappa shape index (κ1) is 15.3. The number of nitrogens with zero attached hydrogens (tertiary/aromatic N) is 1. The van der Waals surface area contributed by atoms with E-state index in [1.807, 2.05) is 18.2 Å². The molecule has 0 fully saturated rings. The predicted octanol–water partition coefficient (Wildman–Crippen LogP) is 3.35. The highest BCUT2D eigenvalue weighted by Crippen LogP contribution is 2.33. The zero-order valence-electron chi connectivity index (χ0n) is 11.8. The number of amides is 1. The third kappa shape index (κ3) is 3.72. The molecule has 1 amide bonds. The number of carbonyl (C=O) groups excluding carboxylic acids is 1. The predicted molar refractivity (Wildman–Crippen MR) is 79.9 cm³/mol. The molecule has 0 bridgehead atoms.